The van der Waals surface area contributed by atoms with Gasteiger partial charge in [0, 0.05) is 11.9 Å². The van der Waals surface area contributed by atoms with Crippen molar-refractivity contribution in [1.82, 2.24) is 5.32 Å². The Morgan fingerprint density at radius 2 is 2.00 bits per heavy atom. The molecular formula is C15H16N2O. The normalized spacial score (nSPS) is 16.2. The molecule has 0 aliphatic carbocycles. The zero-order chi connectivity index (χ0) is 12.4. The van der Waals surface area contributed by atoms with E-state index in [1.807, 2.05) is 31.2 Å². The lowest BCUT2D eigenvalue weighted by molar-refractivity contribution is 0.287. The van der Waals surface area contributed by atoms with E-state index in [4.69, 9.17) is 4.74 Å². The van der Waals surface area contributed by atoms with Crippen LogP contribution in [0.25, 0.3) is 10.8 Å². The number of nitrogens with one attached hydrogen (secondary N) is 1. The number of amidine groups is 1. The summed E-state index contributed by atoms with van der Waals surface area (Å²) >= 11 is 0. The van der Waals surface area contributed by atoms with Crippen LogP contribution in [-0.2, 0) is 0 Å². The molecule has 2 aromatic rings. The van der Waals surface area contributed by atoms with E-state index in [0.717, 1.165) is 30.1 Å². The molecule has 0 spiro atoms. The molecule has 3 rings (SSSR count). The largest absolute Gasteiger partial charge is 0.482 e. The lowest BCUT2D eigenvalue weighted by atomic mass is 10.1. The summed E-state index contributed by atoms with van der Waals surface area (Å²) in [5.74, 6) is 1.86. The summed E-state index contributed by atoms with van der Waals surface area (Å²) in [4.78, 5) is 4.39. The summed E-state index contributed by atoms with van der Waals surface area (Å²) in [6.07, 6.45) is -0.0293. The third kappa shape index (κ3) is 2.04. The van der Waals surface area contributed by atoms with Gasteiger partial charge in [-0.15, -0.1) is 0 Å². The highest BCUT2D eigenvalue weighted by atomic mass is 16.5. The standard InChI is InChI=1S/C15H16N2O/c1-11(15-16-9-10-17-15)18-14-8-4-6-12-5-2-3-7-13(12)14/h2-8,11H,9-10H2,1H3,(H,16,17)/t11-/m0/s1. The average molecular weight is 240 g/mol. The van der Waals surface area contributed by atoms with E-state index in [9.17, 15) is 0 Å². The Labute approximate surface area is 106 Å². The van der Waals surface area contributed by atoms with Crippen molar-refractivity contribution in [3.05, 3.63) is 42.5 Å². The molecule has 0 saturated heterocycles. The van der Waals surface area contributed by atoms with E-state index in [1.54, 1.807) is 0 Å². The minimum atomic E-state index is -0.0293. The van der Waals surface area contributed by atoms with Crippen LogP contribution in [0.4, 0.5) is 0 Å². The van der Waals surface area contributed by atoms with Crippen LogP contribution in [-0.4, -0.2) is 25.0 Å². The SMILES string of the molecule is C[C@H](Oc1cccc2ccccc12)C1=NCCN1. The predicted molar refractivity (Wildman–Crippen MR) is 74.3 cm³/mol. The summed E-state index contributed by atoms with van der Waals surface area (Å²) in [5, 5.41) is 5.59. The fourth-order valence-corrected chi connectivity index (χ4v) is 2.23. The summed E-state index contributed by atoms with van der Waals surface area (Å²) in [6.45, 7) is 3.79. The lowest BCUT2D eigenvalue weighted by Gasteiger charge is -2.16. The van der Waals surface area contributed by atoms with E-state index in [2.05, 4.69) is 28.5 Å². The first kappa shape index (κ1) is 11.1. The number of nitrogens with zero attached hydrogens (tertiary/aromatic N) is 1. The van der Waals surface area contributed by atoms with Gasteiger partial charge in [0.1, 0.15) is 11.6 Å². The van der Waals surface area contributed by atoms with Gasteiger partial charge in [-0.2, -0.15) is 0 Å². The monoisotopic (exact) mass is 240 g/mol. The molecule has 0 saturated carbocycles. The van der Waals surface area contributed by atoms with E-state index in [-0.39, 0.29) is 6.10 Å². The smallest absolute Gasteiger partial charge is 0.152 e. The van der Waals surface area contributed by atoms with Gasteiger partial charge in [-0.3, -0.25) is 4.99 Å². The van der Waals surface area contributed by atoms with Crippen molar-refractivity contribution in [3.63, 3.8) is 0 Å². The van der Waals surface area contributed by atoms with Crippen LogP contribution in [0.15, 0.2) is 47.5 Å². The van der Waals surface area contributed by atoms with Gasteiger partial charge in [-0.1, -0.05) is 36.4 Å². The molecular weight excluding hydrogens is 224 g/mol. The van der Waals surface area contributed by atoms with Gasteiger partial charge in [0.05, 0.1) is 6.54 Å². The van der Waals surface area contributed by atoms with Crippen LogP contribution in [0.3, 0.4) is 0 Å². The van der Waals surface area contributed by atoms with Gasteiger partial charge in [0.25, 0.3) is 0 Å². The first-order valence-electron chi connectivity index (χ1n) is 6.27. The van der Waals surface area contributed by atoms with Gasteiger partial charge in [-0.05, 0) is 18.4 Å². The molecule has 3 heteroatoms. The summed E-state index contributed by atoms with van der Waals surface area (Å²) in [7, 11) is 0. The summed E-state index contributed by atoms with van der Waals surface area (Å²) in [5.41, 5.74) is 0. The zero-order valence-electron chi connectivity index (χ0n) is 10.4. The fourth-order valence-electron chi connectivity index (χ4n) is 2.23. The Morgan fingerprint density at radius 1 is 1.17 bits per heavy atom. The molecule has 0 fully saturated rings. The first-order valence-corrected chi connectivity index (χ1v) is 6.27. The number of benzene rings is 2. The van der Waals surface area contributed by atoms with Crippen LogP contribution in [0.5, 0.6) is 5.75 Å². The quantitative estimate of drug-likeness (QED) is 0.894. The van der Waals surface area contributed by atoms with E-state index >= 15 is 0 Å². The third-order valence-corrected chi connectivity index (χ3v) is 3.14. The average Bonchev–Trinajstić information content (AvgIpc) is 2.93. The Bertz CT molecular complexity index is 587. The molecule has 92 valence electrons. The molecule has 1 N–H and O–H groups in total. The second-order valence-corrected chi connectivity index (χ2v) is 4.43. The molecule has 18 heavy (non-hydrogen) atoms. The van der Waals surface area contributed by atoms with Crippen molar-refractivity contribution in [3.8, 4) is 5.75 Å². The molecule has 0 aromatic heterocycles. The Morgan fingerprint density at radius 3 is 2.83 bits per heavy atom. The number of hydrogen-bond donors (Lipinski definition) is 1. The van der Waals surface area contributed by atoms with Gasteiger partial charge < -0.3 is 10.1 Å². The van der Waals surface area contributed by atoms with E-state index in [1.165, 1.54) is 5.39 Å². The Kier molecular flexibility index (Phi) is 2.89. The van der Waals surface area contributed by atoms with Crippen LogP contribution in [0, 0.1) is 0 Å². The molecule has 1 heterocycles. The zero-order valence-corrected chi connectivity index (χ0v) is 10.4. The second kappa shape index (κ2) is 4.69. The number of aliphatic imine (C=N–C) groups is 1. The maximum atomic E-state index is 6.02. The minimum absolute atomic E-state index is 0.0293. The highest BCUT2D eigenvalue weighted by Crippen LogP contribution is 2.26. The number of fused-ring (bicyclic) bond motifs is 1. The molecule has 0 unspecified atom stereocenters. The van der Waals surface area contributed by atoms with Crippen LogP contribution >= 0.6 is 0 Å². The number of rotatable bonds is 3. The van der Waals surface area contributed by atoms with Crippen molar-refractivity contribution in [2.24, 2.45) is 4.99 Å². The summed E-state index contributed by atoms with van der Waals surface area (Å²) < 4.78 is 6.02. The van der Waals surface area contributed by atoms with E-state index < -0.39 is 0 Å². The summed E-state index contributed by atoms with van der Waals surface area (Å²) in [6, 6.07) is 14.4. The van der Waals surface area contributed by atoms with Crippen molar-refractivity contribution in [2.75, 3.05) is 13.1 Å². The predicted octanol–water partition coefficient (Wildman–Crippen LogP) is 2.61. The Hall–Kier alpha value is -2.03. The Balaban J connectivity index is 1.90. The number of ether oxygens (including phenoxy) is 1. The molecule has 1 aliphatic rings. The molecule has 0 bridgehead atoms. The third-order valence-electron chi connectivity index (χ3n) is 3.14. The maximum Gasteiger partial charge on any atom is 0.152 e. The maximum absolute atomic E-state index is 6.02. The molecule has 1 atom stereocenters. The van der Waals surface area contributed by atoms with Gasteiger partial charge in [0.2, 0.25) is 0 Å². The van der Waals surface area contributed by atoms with Crippen molar-refractivity contribution < 1.29 is 4.74 Å². The van der Waals surface area contributed by atoms with Gasteiger partial charge >= 0.3 is 0 Å². The minimum Gasteiger partial charge on any atom is -0.482 e. The second-order valence-electron chi connectivity index (χ2n) is 4.43. The molecule has 0 amide bonds. The van der Waals surface area contributed by atoms with E-state index in [0.29, 0.717) is 0 Å². The topological polar surface area (TPSA) is 33.6 Å². The van der Waals surface area contributed by atoms with Crippen LogP contribution in [0.1, 0.15) is 6.92 Å². The fraction of sp³-hybridized carbons (Fsp3) is 0.267. The highest BCUT2D eigenvalue weighted by molar-refractivity contribution is 5.90. The van der Waals surface area contributed by atoms with Crippen LogP contribution < -0.4 is 10.1 Å². The van der Waals surface area contributed by atoms with Crippen molar-refractivity contribution in [2.45, 2.75) is 13.0 Å². The van der Waals surface area contributed by atoms with Crippen molar-refractivity contribution >= 4 is 16.6 Å². The molecule has 1 aliphatic heterocycles. The number of hydrogen-bond acceptors (Lipinski definition) is 3. The molecule has 3 nitrogen and oxygen atoms in total. The first-order chi connectivity index (χ1) is 8.84. The van der Waals surface area contributed by atoms with Gasteiger partial charge in [-0.25, -0.2) is 0 Å². The van der Waals surface area contributed by atoms with Crippen molar-refractivity contribution in [1.29, 1.82) is 0 Å². The van der Waals surface area contributed by atoms with Gasteiger partial charge in [0.15, 0.2) is 6.10 Å². The molecule has 2 aromatic carbocycles. The lowest BCUT2D eigenvalue weighted by Crippen LogP contribution is -2.33. The molecule has 0 radical (unpaired) electrons. The van der Waals surface area contributed by atoms with Crippen LogP contribution in [0.2, 0.25) is 0 Å². The highest BCUT2D eigenvalue weighted by Gasteiger charge is 2.16.